The number of nitrogens with two attached hydrogens (primary N) is 4. The van der Waals surface area contributed by atoms with E-state index in [1.807, 2.05) is 0 Å². The first kappa shape index (κ1) is 107. The number of benzene rings is 11. The summed E-state index contributed by atoms with van der Waals surface area (Å²) in [4.78, 5) is 41.1. The number of aliphatic carboxylic acids is 2. The lowest BCUT2D eigenvalue weighted by atomic mass is 9.90. The summed E-state index contributed by atoms with van der Waals surface area (Å²) in [6.07, 6.45) is 4.52. The maximum absolute atomic E-state index is 10.4. The number of likely N-dealkylation sites (N-methyl/N-ethyl adjacent to an activating group) is 1. The maximum Gasteiger partial charge on any atom is 0.335 e. The third-order valence-corrected chi connectivity index (χ3v) is 18.3. The summed E-state index contributed by atoms with van der Waals surface area (Å²) < 4.78 is 0. The number of hydrogen-bond donors (Lipinski definition) is 37. The molecule has 0 aliphatic carbocycles. The normalized spacial score (nSPS) is 12.5. The van der Waals surface area contributed by atoms with Gasteiger partial charge in [0.2, 0.25) is 0 Å². The second-order valence-corrected chi connectivity index (χ2v) is 28.1. The molecule has 0 bridgehead atoms. The van der Waals surface area contributed by atoms with Gasteiger partial charge in [-0.1, -0.05) is 36.4 Å². The van der Waals surface area contributed by atoms with Gasteiger partial charge in [-0.3, -0.25) is 4.79 Å². The largest absolute Gasteiger partial charge is 0.504 e. The fraction of sp³-hybridized carbons (Fsp3) is 0.200. The number of aromatic hydroxyl groups is 24. The second kappa shape index (κ2) is 52.7. The van der Waals surface area contributed by atoms with Crippen molar-refractivity contribution in [1.29, 1.82) is 0 Å². The summed E-state index contributed by atoms with van der Waals surface area (Å²) in [5.41, 5.74) is 29.5. The molecule has 13 rings (SSSR count). The molecular weight excluding hydrogens is 1720 g/mol. The van der Waals surface area contributed by atoms with Gasteiger partial charge in [0, 0.05) is 31.8 Å². The van der Waals surface area contributed by atoms with Crippen LogP contribution in [0.2, 0.25) is 0 Å². The van der Waals surface area contributed by atoms with Crippen LogP contribution in [0.4, 0.5) is 0 Å². The Balaban J connectivity index is 0.000000307. The number of carboxylic acid groups (broad SMARTS) is 4. The first-order chi connectivity index (χ1) is 61.7. The molecule has 0 amide bonds. The molecule has 2 heterocycles. The molecule has 2 aliphatic rings. The number of nitrogens with one attached hydrogen (secondary N) is 3. The van der Waals surface area contributed by atoms with Crippen molar-refractivity contribution < 1.29 is 172 Å². The van der Waals surface area contributed by atoms with Crippen LogP contribution in [0.3, 0.4) is 0 Å². The molecular formula is C90H105N7O34. The highest BCUT2D eigenvalue weighted by Crippen LogP contribution is 2.40. The van der Waals surface area contributed by atoms with Crippen LogP contribution < -0.4 is 38.9 Å². The minimum atomic E-state index is -1.29. The SMILES string of the molecule is CNCC(O)c1ccc(O)c(O)c1.NC(Cc1ccc(O)c(O)c1)C(=O)O.NCC(O)c1ccc(O)c(O)c1.NCCc1cc(O)c(O)c(O)c1.NCCc1ccc(O)c(O)c1.O=C(O)/C=C/c1ccc(O)c(O)c1.O=C(O)c1cc(O)c(O)c(O)c1.O=C(O)c1ccc(O)c(O)c1.Oc1cc2c(cc1O)CNCC2.Oc1ccc(CC2NCCc3cc(O)c(O)cc32)cc1O. The number of aliphatic hydroxyl groups excluding tert-OH is 2. The predicted molar refractivity (Wildman–Crippen MR) is 473 cm³/mol. The highest BCUT2D eigenvalue weighted by atomic mass is 16.4. The zero-order valence-electron chi connectivity index (χ0n) is 69.8. The smallest absolute Gasteiger partial charge is 0.335 e. The lowest BCUT2D eigenvalue weighted by molar-refractivity contribution is -0.138. The third kappa shape index (κ3) is 35.7. The van der Waals surface area contributed by atoms with E-state index < -0.39 is 70.9 Å². The van der Waals surface area contributed by atoms with E-state index in [0.717, 1.165) is 96.2 Å². The molecule has 4 atom stereocenters. The Kier molecular flexibility index (Phi) is 43.2. The van der Waals surface area contributed by atoms with Crippen molar-refractivity contribution in [3.05, 3.63) is 254 Å². The quantitative estimate of drug-likeness (QED) is 0.0319. The van der Waals surface area contributed by atoms with Gasteiger partial charge in [0.25, 0.3) is 0 Å². The Labute approximate surface area is 746 Å². The predicted octanol–water partition coefficient (Wildman–Crippen LogP) is 6.57. The Hall–Kier alpha value is -16.1. The Bertz CT molecular complexity index is 5590. The Morgan fingerprint density at radius 1 is 0.389 bits per heavy atom. The number of carboxylic acids is 4. The molecule has 0 fully saturated rings. The van der Waals surface area contributed by atoms with Crippen LogP contribution in [-0.4, -0.2) is 229 Å². The molecule has 0 spiro atoms. The molecule has 41 N–H and O–H groups in total. The molecule has 11 aromatic carbocycles. The van der Waals surface area contributed by atoms with Crippen LogP contribution >= 0.6 is 0 Å². The number of rotatable bonds is 18. The number of aliphatic hydroxyl groups is 2. The molecule has 0 saturated heterocycles. The molecule has 11 aromatic rings. The zero-order valence-corrected chi connectivity index (χ0v) is 69.8. The molecule has 0 saturated carbocycles. The molecule has 2 aliphatic heterocycles. The highest BCUT2D eigenvalue weighted by molar-refractivity contribution is 5.90. The van der Waals surface area contributed by atoms with E-state index in [0.29, 0.717) is 66.7 Å². The van der Waals surface area contributed by atoms with Crippen molar-refractivity contribution in [2.75, 3.05) is 46.3 Å². The van der Waals surface area contributed by atoms with Gasteiger partial charge < -0.3 is 192 Å². The van der Waals surface area contributed by atoms with Crippen LogP contribution in [-0.2, 0) is 54.7 Å². The van der Waals surface area contributed by atoms with Crippen molar-refractivity contribution in [2.45, 2.75) is 69.4 Å². The van der Waals surface area contributed by atoms with Crippen molar-refractivity contribution >= 4 is 30.0 Å². The summed E-state index contributed by atoms with van der Waals surface area (Å²) in [5.74, 6) is -11.1. The number of carbonyl (C=O) groups is 4. The van der Waals surface area contributed by atoms with Crippen molar-refractivity contribution in [3.8, 4) is 138 Å². The summed E-state index contributed by atoms with van der Waals surface area (Å²) in [5, 5.41) is 280. The van der Waals surface area contributed by atoms with E-state index >= 15 is 0 Å². The third-order valence-electron chi connectivity index (χ3n) is 18.3. The molecule has 4 unspecified atom stereocenters. The molecule has 41 nitrogen and oxygen atoms in total. The topological polar surface area (TPSA) is 815 Å². The van der Waals surface area contributed by atoms with Crippen molar-refractivity contribution in [3.63, 3.8) is 0 Å². The fourth-order valence-corrected chi connectivity index (χ4v) is 11.3. The zero-order chi connectivity index (χ0) is 98.2. The van der Waals surface area contributed by atoms with Crippen molar-refractivity contribution in [1.82, 2.24) is 16.0 Å². The Morgan fingerprint density at radius 3 is 1.21 bits per heavy atom. The van der Waals surface area contributed by atoms with Gasteiger partial charge in [-0.25, -0.2) is 14.4 Å². The van der Waals surface area contributed by atoms with Gasteiger partial charge in [-0.05, 0) is 279 Å². The summed E-state index contributed by atoms with van der Waals surface area (Å²) in [6.45, 7) is 3.98. The van der Waals surface area contributed by atoms with Gasteiger partial charge in [0.15, 0.2) is 138 Å². The lowest BCUT2D eigenvalue weighted by Gasteiger charge is -2.27. The van der Waals surface area contributed by atoms with Crippen LogP contribution in [0, 0.1) is 0 Å². The number of hydrogen-bond acceptors (Lipinski definition) is 37. The van der Waals surface area contributed by atoms with E-state index in [1.54, 1.807) is 49.5 Å². The molecule has 704 valence electrons. The van der Waals surface area contributed by atoms with E-state index in [-0.39, 0.29) is 139 Å². The average Bonchev–Trinajstić information content (AvgIpc) is 0.798. The number of phenolic OH excluding ortho intramolecular Hbond substituents is 24. The van der Waals surface area contributed by atoms with Gasteiger partial charge in [-0.2, -0.15) is 0 Å². The average molecular weight is 1830 g/mol. The van der Waals surface area contributed by atoms with Crippen molar-refractivity contribution in [2.24, 2.45) is 22.9 Å². The van der Waals surface area contributed by atoms with Crippen LogP contribution in [0.25, 0.3) is 6.08 Å². The van der Waals surface area contributed by atoms with Gasteiger partial charge in [0.05, 0.1) is 23.3 Å². The summed E-state index contributed by atoms with van der Waals surface area (Å²) in [7, 11) is 1.73. The van der Waals surface area contributed by atoms with E-state index in [2.05, 4.69) is 16.0 Å². The first-order valence-electron chi connectivity index (χ1n) is 38.8. The highest BCUT2D eigenvalue weighted by Gasteiger charge is 2.24. The summed E-state index contributed by atoms with van der Waals surface area (Å²) in [6, 6.07) is 39.2. The molecule has 0 radical (unpaired) electrons. The monoisotopic (exact) mass is 1830 g/mol. The van der Waals surface area contributed by atoms with Gasteiger partial charge >= 0.3 is 23.9 Å². The van der Waals surface area contributed by atoms with E-state index in [4.69, 9.17) is 135 Å². The van der Waals surface area contributed by atoms with E-state index in [1.165, 1.54) is 115 Å². The minimum Gasteiger partial charge on any atom is -0.504 e. The van der Waals surface area contributed by atoms with Gasteiger partial charge in [-0.15, -0.1) is 0 Å². The number of phenols is 24. The molecule has 41 heteroatoms. The van der Waals surface area contributed by atoms with Crippen LogP contribution in [0.15, 0.2) is 182 Å². The van der Waals surface area contributed by atoms with Crippen LogP contribution in [0.1, 0.15) is 100 Å². The number of aromatic carboxylic acids is 2. The summed E-state index contributed by atoms with van der Waals surface area (Å²) >= 11 is 0. The fourth-order valence-electron chi connectivity index (χ4n) is 11.3. The maximum atomic E-state index is 10.4. The molecule has 0 aromatic heterocycles. The molecule has 131 heavy (non-hydrogen) atoms. The lowest BCUT2D eigenvalue weighted by Crippen LogP contribution is -2.32. The standard InChI is InChI=1S/C16H17NO4.C9H11NO4.C9H13NO3.C9H11NO2.C9H8O4.2C8H11NO3.C8H11NO2.C7H6O5.C7H6O4/c18-13-2-1-9(6-14(13)19)5-12-11-8-16(21)15(20)7-10(11)3-4-17-12;10-6(9(13)14)3-5-1-2-7(11)8(12)4-5;1-10-5-9(13)6-2-3-7(11)8(12)4-6;11-8-3-6-1-2-10-5-7(6)4-9(8)12;10-7-3-1-6(5-8(7)11)2-4-9(12)13;9-4-8(12)5-1-2-6(10)7(11)3-5;9-2-1-5-3-6(10)8(12)7(11)4-5;9-4-3-6-1-2-7(10)8(11)5-6;8-4-1-3(7(11)12)2-5(9)6(4)10;8-5-2-1-4(7(10)11)3-6(5)9/h1-2,6-8,12,17-21H,3-5H2;1-2,4,6,11-12H,3,10H2,(H,13,14);2-4,9-13H,5H2,1H3;3-4,10-12H,1-2,5H2;1-5,10-11H,(H,12,13);1-3,8,10-12H,4,9H2;3-4,10-12H,1-2,9H2;1-2,5,10-11H,3-4,9H2;1-2,8-10H,(H,11,12);1-3,8-9H,(H,10,11)/b;;;;4-2+;;;;;. The first-order valence-corrected chi connectivity index (χ1v) is 38.8. The second-order valence-electron chi connectivity index (χ2n) is 28.1. The number of fused-ring (bicyclic) bond motifs is 2. The van der Waals surface area contributed by atoms with Crippen LogP contribution in [0.5, 0.6) is 138 Å². The Morgan fingerprint density at radius 2 is 0.763 bits per heavy atom. The minimum absolute atomic E-state index is 0.0100. The van der Waals surface area contributed by atoms with Gasteiger partial charge in [0.1, 0.15) is 6.04 Å². The van der Waals surface area contributed by atoms with E-state index in [9.17, 15) is 60.0 Å².